The van der Waals surface area contributed by atoms with Crippen molar-refractivity contribution in [1.82, 2.24) is 10.2 Å². The van der Waals surface area contributed by atoms with Crippen molar-refractivity contribution >= 4 is 17.3 Å². The van der Waals surface area contributed by atoms with Crippen LogP contribution in [0.5, 0.6) is 5.75 Å². The van der Waals surface area contributed by atoms with Gasteiger partial charge in [-0.25, -0.2) is 0 Å². The van der Waals surface area contributed by atoms with E-state index in [0.29, 0.717) is 17.3 Å². The lowest BCUT2D eigenvalue weighted by molar-refractivity contribution is -0.0498. The van der Waals surface area contributed by atoms with Crippen molar-refractivity contribution in [3.8, 4) is 5.75 Å². The van der Waals surface area contributed by atoms with E-state index < -0.39 is 6.61 Å². The number of nitrogen functional groups attached to an aromatic ring is 1. The Morgan fingerprint density at radius 2 is 1.78 bits per heavy atom. The molecule has 1 aromatic carbocycles. The molecule has 0 aliphatic heterocycles. The summed E-state index contributed by atoms with van der Waals surface area (Å²) in [6.45, 7) is -2.83. The number of anilines is 3. The predicted molar refractivity (Wildman–Crippen MR) is 62.8 cm³/mol. The van der Waals surface area contributed by atoms with Crippen LogP contribution in [0.25, 0.3) is 0 Å². The third kappa shape index (κ3) is 3.27. The van der Waals surface area contributed by atoms with Gasteiger partial charge >= 0.3 is 6.61 Å². The fourth-order valence-corrected chi connectivity index (χ4v) is 1.28. The summed E-state index contributed by atoms with van der Waals surface area (Å²) in [5, 5.41) is 10.4. The number of ether oxygens (including phenoxy) is 1. The first-order chi connectivity index (χ1) is 8.63. The summed E-state index contributed by atoms with van der Waals surface area (Å²) in [5.74, 6) is 0.923. The Bertz CT molecular complexity index is 501. The average molecular weight is 252 g/mol. The van der Waals surface area contributed by atoms with Crippen LogP contribution in [0, 0.1) is 0 Å². The minimum absolute atomic E-state index is 0.0962. The third-order valence-corrected chi connectivity index (χ3v) is 2.04. The smallest absolute Gasteiger partial charge is 0.387 e. The zero-order chi connectivity index (χ0) is 13.0. The first-order valence-corrected chi connectivity index (χ1v) is 5.04. The summed E-state index contributed by atoms with van der Waals surface area (Å²) >= 11 is 0. The van der Waals surface area contributed by atoms with Gasteiger partial charge in [0.2, 0.25) is 0 Å². The summed E-state index contributed by atoms with van der Waals surface area (Å²) in [7, 11) is 0. The molecule has 0 unspecified atom stereocenters. The van der Waals surface area contributed by atoms with E-state index in [9.17, 15) is 8.78 Å². The lowest BCUT2D eigenvalue weighted by atomic mass is 10.3. The van der Waals surface area contributed by atoms with Crippen molar-refractivity contribution in [3.05, 3.63) is 36.4 Å². The molecule has 0 spiro atoms. The van der Waals surface area contributed by atoms with Gasteiger partial charge in [0.1, 0.15) is 11.6 Å². The molecule has 0 fully saturated rings. The van der Waals surface area contributed by atoms with Gasteiger partial charge in [-0.1, -0.05) is 0 Å². The van der Waals surface area contributed by atoms with Gasteiger partial charge in [0.25, 0.3) is 0 Å². The van der Waals surface area contributed by atoms with Crippen molar-refractivity contribution < 1.29 is 13.5 Å². The first-order valence-electron chi connectivity index (χ1n) is 5.04. The fourth-order valence-electron chi connectivity index (χ4n) is 1.28. The van der Waals surface area contributed by atoms with Crippen LogP contribution in [0.4, 0.5) is 26.1 Å². The van der Waals surface area contributed by atoms with Crippen molar-refractivity contribution in [2.24, 2.45) is 0 Å². The fraction of sp³-hybridized carbons (Fsp3) is 0.0909. The highest BCUT2D eigenvalue weighted by Crippen LogP contribution is 2.20. The SMILES string of the molecule is Nc1ccc(Nc2ccc(OC(F)F)cc2)nn1. The first kappa shape index (κ1) is 12.0. The minimum Gasteiger partial charge on any atom is -0.435 e. The molecule has 0 bridgehead atoms. The maximum Gasteiger partial charge on any atom is 0.387 e. The summed E-state index contributed by atoms with van der Waals surface area (Å²) in [5.41, 5.74) is 6.07. The molecule has 0 atom stereocenters. The Morgan fingerprint density at radius 1 is 1.06 bits per heavy atom. The molecule has 0 radical (unpaired) electrons. The highest BCUT2D eigenvalue weighted by atomic mass is 19.3. The molecule has 5 nitrogen and oxygen atoms in total. The number of halogens is 2. The zero-order valence-electron chi connectivity index (χ0n) is 9.18. The van der Waals surface area contributed by atoms with E-state index in [0.717, 1.165) is 0 Å². The largest absolute Gasteiger partial charge is 0.435 e. The molecule has 0 aliphatic carbocycles. The van der Waals surface area contributed by atoms with Gasteiger partial charge in [0, 0.05) is 5.69 Å². The molecule has 0 aliphatic rings. The van der Waals surface area contributed by atoms with Gasteiger partial charge in [0.15, 0.2) is 5.82 Å². The standard InChI is InChI=1S/C11H10F2N4O/c12-11(13)18-8-3-1-7(2-4-8)15-10-6-5-9(14)16-17-10/h1-6,11H,(H2,14,16)(H,15,17). The maximum atomic E-state index is 11.9. The second kappa shape index (κ2) is 5.26. The third-order valence-electron chi connectivity index (χ3n) is 2.04. The number of hydrogen-bond donors (Lipinski definition) is 2. The molecule has 18 heavy (non-hydrogen) atoms. The Morgan fingerprint density at radius 3 is 2.33 bits per heavy atom. The molecule has 0 amide bonds. The highest BCUT2D eigenvalue weighted by molar-refractivity contribution is 5.57. The normalized spacial score (nSPS) is 10.4. The number of hydrogen-bond acceptors (Lipinski definition) is 5. The zero-order valence-corrected chi connectivity index (χ0v) is 9.18. The molecular weight excluding hydrogens is 242 g/mol. The van der Waals surface area contributed by atoms with Crippen LogP contribution in [0.3, 0.4) is 0 Å². The molecule has 7 heteroatoms. The van der Waals surface area contributed by atoms with Gasteiger partial charge in [-0.2, -0.15) is 8.78 Å². The van der Waals surface area contributed by atoms with Crippen molar-refractivity contribution in [3.63, 3.8) is 0 Å². The lowest BCUT2D eigenvalue weighted by Gasteiger charge is -2.07. The van der Waals surface area contributed by atoms with E-state index in [1.807, 2.05) is 0 Å². The van der Waals surface area contributed by atoms with E-state index in [4.69, 9.17) is 5.73 Å². The van der Waals surface area contributed by atoms with Gasteiger partial charge in [0.05, 0.1) is 0 Å². The average Bonchev–Trinajstić information content (AvgIpc) is 2.34. The van der Waals surface area contributed by atoms with Crippen LogP contribution in [0.2, 0.25) is 0 Å². The molecule has 2 aromatic rings. The number of nitrogens with one attached hydrogen (secondary N) is 1. The Hall–Kier alpha value is -2.44. The van der Waals surface area contributed by atoms with Crippen LogP contribution in [0.15, 0.2) is 36.4 Å². The second-order valence-electron chi connectivity index (χ2n) is 3.37. The van der Waals surface area contributed by atoms with Gasteiger partial charge in [-0.15, -0.1) is 10.2 Å². The molecule has 1 heterocycles. The van der Waals surface area contributed by atoms with Gasteiger partial charge in [-0.3, -0.25) is 0 Å². The van der Waals surface area contributed by atoms with E-state index >= 15 is 0 Å². The van der Waals surface area contributed by atoms with Gasteiger partial charge in [-0.05, 0) is 36.4 Å². The topological polar surface area (TPSA) is 73.1 Å². The molecule has 1 aromatic heterocycles. The highest BCUT2D eigenvalue weighted by Gasteiger charge is 2.03. The monoisotopic (exact) mass is 252 g/mol. The van der Waals surface area contributed by atoms with Gasteiger partial charge < -0.3 is 15.8 Å². The number of nitrogens with zero attached hydrogens (tertiary/aromatic N) is 2. The van der Waals surface area contributed by atoms with Crippen molar-refractivity contribution in [1.29, 1.82) is 0 Å². The molecule has 2 rings (SSSR count). The molecule has 0 saturated heterocycles. The van der Waals surface area contributed by atoms with Crippen LogP contribution in [-0.4, -0.2) is 16.8 Å². The van der Waals surface area contributed by atoms with Crippen molar-refractivity contribution in [2.45, 2.75) is 6.61 Å². The van der Waals surface area contributed by atoms with Crippen LogP contribution in [-0.2, 0) is 0 Å². The summed E-state index contributed by atoms with van der Waals surface area (Å²) in [4.78, 5) is 0. The summed E-state index contributed by atoms with van der Waals surface area (Å²) < 4.78 is 28.1. The minimum atomic E-state index is -2.83. The number of benzene rings is 1. The summed E-state index contributed by atoms with van der Waals surface area (Å²) in [6.07, 6.45) is 0. The van der Waals surface area contributed by atoms with Crippen LogP contribution < -0.4 is 15.8 Å². The van der Waals surface area contributed by atoms with E-state index in [1.165, 1.54) is 12.1 Å². The number of nitrogens with two attached hydrogens (primary N) is 1. The summed E-state index contributed by atoms with van der Waals surface area (Å²) in [6, 6.07) is 9.31. The number of rotatable bonds is 4. The predicted octanol–water partition coefficient (Wildman–Crippen LogP) is 2.40. The van der Waals surface area contributed by atoms with Crippen LogP contribution >= 0.6 is 0 Å². The quantitative estimate of drug-likeness (QED) is 0.874. The second-order valence-corrected chi connectivity index (χ2v) is 3.37. The Balaban J connectivity index is 2.04. The molecule has 3 N–H and O–H groups in total. The Kier molecular flexibility index (Phi) is 3.52. The molecular formula is C11H10F2N4O. The molecule has 0 saturated carbocycles. The number of alkyl halides is 2. The van der Waals surface area contributed by atoms with Crippen LogP contribution in [0.1, 0.15) is 0 Å². The van der Waals surface area contributed by atoms with E-state index in [-0.39, 0.29) is 5.75 Å². The van der Waals surface area contributed by atoms with E-state index in [2.05, 4.69) is 20.3 Å². The van der Waals surface area contributed by atoms with E-state index in [1.54, 1.807) is 24.3 Å². The lowest BCUT2D eigenvalue weighted by Crippen LogP contribution is -2.02. The maximum absolute atomic E-state index is 11.9. The molecule has 94 valence electrons. The number of aromatic nitrogens is 2. The Labute approximate surface area is 102 Å². The van der Waals surface area contributed by atoms with Crippen molar-refractivity contribution in [2.75, 3.05) is 11.1 Å².